The lowest BCUT2D eigenvalue weighted by molar-refractivity contribution is -0.117. The summed E-state index contributed by atoms with van der Waals surface area (Å²) in [6.07, 6.45) is 2.15. The van der Waals surface area contributed by atoms with Gasteiger partial charge in [0, 0.05) is 17.9 Å². The van der Waals surface area contributed by atoms with Gasteiger partial charge in [-0.15, -0.1) is 0 Å². The predicted molar refractivity (Wildman–Crippen MR) is 73.3 cm³/mol. The Morgan fingerprint density at radius 1 is 1.47 bits per heavy atom. The number of rotatable bonds is 5. The summed E-state index contributed by atoms with van der Waals surface area (Å²) in [6.45, 7) is 3.83. The molecule has 19 heavy (non-hydrogen) atoms. The van der Waals surface area contributed by atoms with E-state index in [-0.39, 0.29) is 17.4 Å². The SMILES string of the molecule is CCC(C)NC(=O)/C(C#N)=C\Nc1ccc(O)cc1. The third-order valence-corrected chi connectivity index (χ3v) is 2.61. The van der Waals surface area contributed by atoms with Gasteiger partial charge < -0.3 is 15.7 Å². The first-order valence-corrected chi connectivity index (χ1v) is 6.03. The maximum atomic E-state index is 11.7. The number of hydrogen-bond acceptors (Lipinski definition) is 4. The fourth-order valence-corrected chi connectivity index (χ4v) is 1.27. The number of phenols is 1. The number of nitriles is 1. The highest BCUT2D eigenvalue weighted by Gasteiger charge is 2.10. The van der Waals surface area contributed by atoms with Gasteiger partial charge >= 0.3 is 0 Å². The molecular formula is C14H17N3O2. The van der Waals surface area contributed by atoms with E-state index in [4.69, 9.17) is 10.4 Å². The third kappa shape index (κ3) is 4.72. The van der Waals surface area contributed by atoms with Crippen LogP contribution in [0.3, 0.4) is 0 Å². The standard InChI is InChI=1S/C14H17N3O2/c1-3-10(2)17-14(19)11(8-15)9-16-12-4-6-13(18)7-5-12/h4-7,9-10,16,18H,3H2,1-2H3,(H,17,19)/b11-9-. The largest absolute Gasteiger partial charge is 0.508 e. The minimum Gasteiger partial charge on any atom is -0.508 e. The normalized spacial score (nSPS) is 12.4. The fourth-order valence-electron chi connectivity index (χ4n) is 1.27. The number of amides is 1. The molecular weight excluding hydrogens is 242 g/mol. The Hall–Kier alpha value is -2.48. The average Bonchev–Trinajstić information content (AvgIpc) is 2.41. The number of nitrogens with one attached hydrogen (secondary N) is 2. The molecule has 100 valence electrons. The van der Waals surface area contributed by atoms with E-state index in [0.717, 1.165) is 6.42 Å². The van der Waals surface area contributed by atoms with E-state index in [1.807, 2.05) is 19.9 Å². The molecule has 0 aromatic heterocycles. The number of carbonyl (C=O) groups excluding carboxylic acids is 1. The van der Waals surface area contributed by atoms with Crippen LogP contribution in [0, 0.1) is 11.3 Å². The topological polar surface area (TPSA) is 85.2 Å². The maximum absolute atomic E-state index is 11.7. The van der Waals surface area contributed by atoms with Crippen molar-refractivity contribution in [1.82, 2.24) is 5.32 Å². The molecule has 1 amide bonds. The zero-order chi connectivity index (χ0) is 14.3. The van der Waals surface area contributed by atoms with Crippen molar-refractivity contribution in [2.75, 3.05) is 5.32 Å². The van der Waals surface area contributed by atoms with E-state index < -0.39 is 5.91 Å². The highest BCUT2D eigenvalue weighted by Crippen LogP contribution is 2.13. The second-order valence-electron chi connectivity index (χ2n) is 4.14. The van der Waals surface area contributed by atoms with Gasteiger partial charge in [0.1, 0.15) is 17.4 Å². The summed E-state index contributed by atoms with van der Waals surface area (Å²) >= 11 is 0. The van der Waals surface area contributed by atoms with Gasteiger partial charge in [-0.3, -0.25) is 4.79 Å². The summed E-state index contributed by atoms with van der Waals surface area (Å²) in [5.41, 5.74) is 0.690. The fraction of sp³-hybridized carbons (Fsp3) is 0.286. The lowest BCUT2D eigenvalue weighted by Crippen LogP contribution is -2.33. The number of nitrogens with zero attached hydrogens (tertiary/aromatic N) is 1. The average molecular weight is 259 g/mol. The Morgan fingerprint density at radius 2 is 2.11 bits per heavy atom. The Labute approximate surface area is 112 Å². The predicted octanol–water partition coefficient (Wildman–Crippen LogP) is 2.13. The van der Waals surface area contributed by atoms with Crippen LogP contribution in [0.1, 0.15) is 20.3 Å². The summed E-state index contributed by atoms with van der Waals surface area (Å²) in [6, 6.07) is 8.20. The highest BCUT2D eigenvalue weighted by atomic mass is 16.3. The Balaban J connectivity index is 2.69. The molecule has 0 aliphatic rings. The van der Waals surface area contributed by atoms with E-state index in [2.05, 4.69) is 10.6 Å². The molecule has 5 nitrogen and oxygen atoms in total. The number of carbonyl (C=O) groups is 1. The number of phenolic OH excluding ortho intramolecular Hbond substituents is 1. The first kappa shape index (κ1) is 14.6. The minimum absolute atomic E-state index is 0.00775. The van der Waals surface area contributed by atoms with Crippen molar-refractivity contribution >= 4 is 11.6 Å². The van der Waals surface area contributed by atoms with Gasteiger partial charge in [-0.05, 0) is 37.6 Å². The van der Waals surface area contributed by atoms with Gasteiger partial charge in [-0.2, -0.15) is 5.26 Å². The third-order valence-electron chi connectivity index (χ3n) is 2.61. The van der Waals surface area contributed by atoms with Gasteiger partial charge in [0.25, 0.3) is 5.91 Å². The first-order chi connectivity index (χ1) is 9.06. The minimum atomic E-state index is -0.400. The molecule has 1 aromatic carbocycles. The van der Waals surface area contributed by atoms with Crippen molar-refractivity contribution in [3.05, 3.63) is 36.0 Å². The molecule has 1 rings (SSSR count). The Kier molecular flexibility index (Phi) is 5.42. The molecule has 1 atom stereocenters. The molecule has 0 aliphatic carbocycles. The zero-order valence-electron chi connectivity index (χ0n) is 11.0. The lowest BCUT2D eigenvalue weighted by Gasteiger charge is -2.10. The Bertz CT molecular complexity index is 500. The first-order valence-electron chi connectivity index (χ1n) is 6.03. The van der Waals surface area contributed by atoms with Gasteiger partial charge in [0.05, 0.1) is 0 Å². The number of hydrogen-bond donors (Lipinski definition) is 3. The van der Waals surface area contributed by atoms with Crippen LogP contribution in [0.2, 0.25) is 0 Å². The van der Waals surface area contributed by atoms with E-state index in [9.17, 15) is 4.79 Å². The molecule has 0 bridgehead atoms. The molecule has 0 saturated heterocycles. The number of aromatic hydroxyl groups is 1. The van der Waals surface area contributed by atoms with E-state index in [1.54, 1.807) is 12.1 Å². The number of anilines is 1. The molecule has 0 saturated carbocycles. The van der Waals surface area contributed by atoms with Gasteiger partial charge in [0.2, 0.25) is 0 Å². The number of benzene rings is 1. The smallest absolute Gasteiger partial charge is 0.263 e. The van der Waals surface area contributed by atoms with Crippen molar-refractivity contribution < 1.29 is 9.90 Å². The second kappa shape index (κ2) is 7.07. The molecule has 0 fully saturated rings. The van der Waals surface area contributed by atoms with Crippen LogP contribution in [-0.4, -0.2) is 17.1 Å². The monoisotopic (exact) mass is 259 g/mol. The van der Waals surface area contributed by atoms with Crippen LogP contribution in [0.25, 0.3) is 0 Å². The lowest BCUT2D eigenvalue weighted by atomic mass is 10.2. The molecule has 5 heteroatoms. The molecule has 0 spiro atoms. The molecule has 1 unspecified atom stereocenters. The van der Waals surface area contributed by atoms with Crippen LogP contribution in [0.15, 0.2) is 36.0 Å². The quantitative estimate of drug-likeness (QED) is 0.429. The van der Waals surface area contributed by atoms with Crippen LogP contribution in [0.5, 0.6) is 5.75 Å². The van der Waals surface area contributed by atoms with E-state index >= 15 is 0 Å². The second-order valence-corrected chi connectivity index (χ2v) is 4.14. The maximum Gasteiger partial charge on any atom is 0.263 e. The van der Waals surface area contributed by atoms with Crippen molar-refractivity contribution in [2.24, 2.45) is 0 Å². The molecule has 1 aromatic rings. The van der Waals surface area contributed by atoms with Crippen molar-refractivity contribution in [3.63, 3.8) is 0 Å². The highest BCUT2D eigenvalue weighted by molar-refractivity contribution is 5.97. The molecule has 0 aliphatic heterocycles. The van der Waals surface area contributed by atoms with Gasteiger partial charge in [-0.1, -0.05) is 6.92 Å². The molecule has 0 radical (unpaired) electrons. The molecule has 3 N–H and O–H groups in total. The van der Waals surface area contributed by atoms with E-state index in [1.165, 1.54) is 18.3 Å². The van der Waals surface area contributed by atoms with E-state index in [0.29, 0.717) is 5.69 Å². The van der Waals surface area contributed by atoms with Crippen molar-refractivity contribution in [3.8, 4) is 11.8 Å². The summed E-state index contributed by atoms with van der Waals surface area (Å²) in [4.78, 5) is 11.7. The van der Waals surface area contributed by atoms with Crippen molar-refractivity contribution in [2.45, 2.75) is 26.3 Å². The summed E-state index contributed by atoms with van der Waals surface area (Å²) < 4.78 is 0. The van der Waals surface area contributed by atoms with Crippen molar-refractivity contribution in [1.29, 1.82) is 5.26 Å². The Morgan fingerprint density at radius 3 is 2.63 bits per heavy atom. The summed E-state index contributed by atoms with van der Waals surface area (Å²) in [7, 11) is 0. The van der Waals surface area contributed by atoms with Crippen LogP contribution >= 0.6 is 0 Å². The van der Waals surface area contributed by atoms with Crippen LogP contribution in [0.4, 0.5) is 5.69 Å². The molecule has 0 heterocycles. The summed E-state index contributed by atoms with van der Waals surface area (Å²) in [5.74, 6) is -0.243. The van der Waals surface area contributed by atoms with Crippen LogP contribution in [-0.2, 0) is 4.79 Å². The van der Waals surface area contributed by atoms with Gasteiger partial charge in [-0.25, -0.2) is 0 Å². The zero-order valence-corrected chi connectivity index (χ0v) is 11.0. The van der Waals surface area contributed by atoms with Gasteiger partial charge in [0.15, 0.2) is 0 Å². The van der Waals surface area contributed by atoms with Crippen LogP contribution < -0.4 is 10.6 Å². The summed E-state index contributed by atoms with van der Waals surface area (Å²) in [5, 5.41) is 23.6.